The summed E-state index contributed by atoms with van der Waals surface area (Å²) in [6.45, 7) is 7.96. The second-order valence-corrected chi connectivity index (χ2v) is 21.5. The molecule has 1 aromatic heterocycles. The number of rotatable bonds is 14. The first-order valence-corrected chi connectivity index (χ1v) is 28.2. The number of anilines is 3. The molecule has 390 valence electrons. The Labute approximate surface area is 479 Å². The molecule has 1 atom stereocenters. The number of para-hydroxylation sites is 1. The average Bonchev–Trinajstić information content (AvgIpc) is 3.94. The molecule has 1 aliphatic carbocycles. The van der Waals surface area contributed by atoms with E-state index in [0.717, 1.165) is 74.5 Å². The van der Waals surface area contributed by atoms with E-state index < -0.39 is 5.41 Å². The van der Waals surface area contributed by atoms with Crippen molar-refractivity contribution in [2.24, 2.45) is 0 Å². The molecule has 0 saturated heterocycles. The third kappa shape index (κ3) is 8.94. The molecule has 82 heavy (non-hydrogen) atoms. The number of hydrogen-bond acceptors (Lipinski definition) is 1. The van der Waals surface area contributed by atoms with Gasteiger partial charge in [-0.3, -0.25) is 0 Å². The number of halogens is 1. The molecule has 1 heterocycles. The van der Waals surface area contributed by atoms with Gasteiger partial charge >= 0.3 is 0 Å². The van der Waals surface area contributed by atoms with Crippen LogP contribution in [-0.2, 0) is 11.8 Å². The Hall–Kier alpha value is -10.4. The van der Waals surface area contributed by atoms with Gasteiger partial charge in [0.25, 0.3) is 0 Å². The summed E-state index contributed by atoms with van der Waals surface area (Å²) in [4.78, 5) is 2.38. The normalized spacial score (nSPS) is 13.4. The summed E-state index contributed by atoms with van der Waals surface area (Å²) in [5.74, 6) is -0.246. The molecule has 0 N–H and O–H groups in total. The third-order valence-corrected chi connectivity index (χ3v) is 16.9. The molecule has 0 fully saturated rings. The highest BCUT2D eigenvalue weighted by molar-refractivity contribution is 6.11. The van der Waals surface area contributed by atoms with Gasteiger partial charge in [0.2, 0.25) is 0 Å². The lowest BCUT2D eigenvalue weighted by Crippen LogP contribution is -2.28. The molecule has 0 saturated carbocycles. The summed E-state index contributed by atoms with van der Waals surface area (Å²) in [6.07, 6.45) is 5.57. The topological polar surface area (TPSA) is 8.17 Å². The predicted molar refractivity (Wildman–Crippen MR) is 344 cm³/mol. The van der Waals surface area contributed by atoms with E-state index in [9.17, 15) is 4.39 Å². The van der Waals surface area contributed by atoms with Gasteiger partial charge < -0.3 is 9.47 Å². The SMILES string of the molecule is C=Cc1ccc(CCC2(c3ccccc3)c3ccccc3-c3ccc(N(c4ccc(-c5ccc(F)cc5)cc4)c4ccc(-c5ccc(-c6ccc7c(c6)c6cc(-c8ccc(C=C)cc8)ccc6n7-c6ccccc6)cc5)cc4)cc32)cc1. The number of benzene rings is 12. The van der Waals surface area contributed by atoms with Crippen molar-refractivity contribution in [1.29, 1.82) is 0 Å². The average molecular weight is 1050 g/mol. The van der Waals surface area contributed by atoms with Gasteiger partial charge in [0, 0.05) is 38.9 Å². The molecule has 13 aromatic rings. The van der Waals surface area contributed by atoms with E-state index in [4.69, 9.17) is 0 Å². The van der Waals surface area contributed by atoms with Crippen molar-refractivity contribution in [2.45, 2.75) is 18.3 Å². The minimum atomic E-state index is -0.413. The number of aromatic nitrogens is 1. The summed E-state index contributed by atoms with van der Waals surface area (Å²) in [5.41, 5.74) is 25.1. The van der Waals surface area contributed by atoms with Gasteiger partial charge in [0.05, 0.1) is 11.0 Å². The Balaban J connectivity index is 0.832. The Morgan fingerprint density at radius 2 is 0.805 bits per heavy atom. The largest absolute Gasteiger partial charge is 0.310 e. The standard InChI is InChI=1S/C79H57FN2/c1-3-54-19-21-56(22-20-54)49-50-79(65-13-7-5-8-14-65)75-18-12-11-17-71(75)72-46-45-70(53-76(72)79)81(69-43-35-60(36-44-69)58-31-39-66(80)40-32-58)68-41-33-59(34-42-68)57-27-29-62(30-28-57)64-38-48-78-74(52-64)73-51-63(61-25-23-55(4-2)24-26-61)37-47-77(73)82(78)67-15-9-6-10-16-67/h3-48,51-53H,1-2,49-50H2. The molecule has 0 aliphatic heterocycles. The Morgan fingerprint density at radius 3 is 1.35 bits per heavy atom. The van der Waals surface area contributed by atoms with Crippen LogP contribution in [0.1, 0.15) is 39.8 Å². The molecular weight excluding hydrogens is 996 g/mol. The molecule has 1 aliphatic rings. The quantitative estimate of drug-likeness (QED) is 0.105. The molecule has 3 heteroatoms. The van der Waals surface area contributed by atoms with Crippen LogP contribution in [0.4, 0.5) is 21.5 Å². The molecule has 14 rings (SSSR count). The first-order chi connectivity index (χ1) is 40.4. The van der Waals surface area contributed by atoms with Crippen LogP contribution in [0.15, 0.2) is 298 Å². The lowest BCUT2D eigenvalue weighted by molar-refractivity contribution is 0.572. The van der Waals surface area contributed by atoms with Gasteiger partial charge in [0.1, 0.15) is 5.82 Å². The first-order valence-electron chi connectivity index (χ1n) is 28.2. The Kier molecular flexibility index (Phi) is 12.8. The van der Waals surface area contributed by atoms with Crippen LogP contribution in [0, 0.1) is 5.82 Å². The molecule has 0 bridgehead atoms. The fraction of sp³-hybridized carbons (Fsp3) is 0.0380. The summed E-state index contributed by atoms with van der Waals surface area (Å²) >= 11 is 0. The highest BCUT2D eigenvalue weighted by Crippen LogP contribution is 2.56. The van der Waals surface area contributed by atoms with Crippen LogP contribution in [0.5, 0.6) is 0 Å². The molecule has 0 spiro atoms. The van der Waals surface area contributed by atoms with Gasteiger partial charge in [-0.05, 0) is 187 Å². The summed E-state index contributed by atoms with van der Waals surface area (Å²) in [5, 5.41) is 2.43. The zero-order valence-electron chi connectivity index (χ0n) is 45.4. The zero-order valence-corrected chi connectivity index (χ0v) is 45.4. The number of fused-ring (bicyclic) bond motifs is 6. The lowest BCUT2D eigenvalue weighted by atomic mass is 9.69. The summed E-state index contributed by atoms with van der Waals surface area (Å²) in [6, 6.07) is 102. The Bertz CT molecular complexity index is 4480. The van der Waals surface area contributed by atoms with Gasteiger partial charge in [-0.1, -0.05) is 226 Å². The monoisotopic (exact) mass is 1050 g/mol. The van der Waals surface area contributed by atoms with E-state index in [0.29, 0.717) is 0 Å². The van der Waals surface area contributed by atoms with Crippen molar-refractivity contribution in [3.05, 3.63) is 337 Å². The van der Waals surface area contributed by atoms with Crippen LogP contribution in [0.3, 0.4) is 0 Å². The molecule has 2 nitrogen and oxygen atoms in total. The van der Waals surface area contributed by atoms with Crippen molar-refractivity contribution in [1.82, 2.24) is 4.57 Å². The van der Waals surface area contributed by atoms with E-state index in [2.05, 4.69) is 283 Å². The molecule has 0 radical (unpaired) electrons. The van der Waals surface area contributed by atoms with E-state index in [1.54, 1.807) is 0 Å². The van der Waals surface area contributed by atoms with Crippen molar-refractivity contribution in [3.8, 4) is 61.3 Å². The van der Waals surface area contributed by atoms with E-state index in [1.165, 1.54) is 84.0 Å². The van der Waals surface area contributed by atoms with Gasteiger partial charge in [-0.15, -0.1) is 0 Å². The second-order valence-electron chi connectivity index (χ2n) is 21.5. The number of aryl methyl sites for hydroxylation is 1. The predicted octanol–water partition coefficient (Wildman–Crippen LogP) is 21.3. The fourth-order valence-corrected chi connectivity index (χ4v) is 12.7. The number of nitrogens with zero attached hydrogens (tertiary/aromatic N) is 2. The van der Waals surface area contributed by atoms with E-state index in [1.807, 2.05) is 24.3 Å². The van der Waals surface area contributed by atoms with Crippen molar-refractivity contribution in [2.75, 3.05) is 4.90 Å². The summed E-state index contributed by atoms with van der Waals surface area (Å²) in [7, 11) is 0. The van der Waals surface area contributed by atoms with Crippen LogP contribution in [0.2, 0.25) is 0 Å². The minimum Gasteiger partial charge on any atom is -0.310 e. The summed E-state index contributed by atoms with van der Waals surface area (Å²) < 4.78 is 16.5. The van der Waals surface area contributed by atoms with Gasteiger partial charge in [0.15, 0.2) is 0 Å². The van der Waals surface area contributed by atoms with Crippen LogP contribution < -0.4 is 4.90 Å². The molecular formula is C79H57FN2. The first kappa shape index (κ1) is 49.9. The molecule has 1 unspecified atom stereocenters. The number of hydrogen-bond donors (Lipinski definition) is 0. The maximum absolute atomic E-state index is 14.1. The minimum absolute atomic E-state index is 0.246. The van der Waals surface area contributed by atoms with Gasteiger partial charge in [-0.25, -0.2) is 4.39 Å². The second kappa shape index (κ2) is 21.0. The van der Waals surface area contributed by atoms with Gasteiger partial charge in [-0.2, -0.15) is 0 Å². The van der Waals surface area contributed by atoms with Crippen LogP contribution in [-0.4, -0.2) is 4.57 Å². The van der Waals surface area contributed by atoms with Crippen LogP contribution >= 0.6 is 0 Å². The highest BCUT2D eigenvalue weighted by Gasteiger charge is 2.44. The maximum atomic E-state index is 14.1. The zero-order chi connectivity index (χ0) is 55.2. The van der Waals surface area contributed by atoms with E-state index >= 15 is 0 Å². The van der Waals surface area contributed by atoms with Crippen molar-refractivity contribution < 1.29 is 4.39 Å². The molecule has 0 amide bonds. The Morgan fingerprint density at radius 1 is 0.378 bits per heavy atom. The smallest absolute Gasteiger partial charge is 0.123 e. The maximum Gasteiger partial charge on any atom is 0.123 e. The fourth-order valence-electron chi connectivity index (χ4n) is 12.7. The van der Waals surface area contributed by atoms with Crippen LogP contribution in [0.25, 0.3) is 95.3 Å². The third-order valence-electron chi connectivity index (χ3n) is 16.9. The van der Waals surface area contributed by atoms with Crippen molar-refractivity contribution in [3.63, 3.8) is 0 Å². The lowest BCUT2D eigenvalue weighted by Gasteiger charge is -2.34. The molecule has 12 aromatic carbocycles. The highest BCUT2D eigenvalue weighted by atomic mass is 19.1. The van der Waals surface area contributed by atoms with E-state index in [-0.39, 0.29) is 5.82 Å². The van der Waals surface area contributed by atoms with Crippen molar-refractivity contribution >= 4 is 51.0 Å².